The number of fused-ring (bicyclic) bond motifs is 1. The van der Waals surface area contributed by atoms with E-state index in [4.69, 9.17) is 9.47 Å². The Labute approximate surface area is 164 Å². The Bertz CT molecular complexity index is 870. The molecule has 1 fully saturated rings. The maximum absolute atomic E-state index is 9.52. The van der Waals surface area contributed by atoms with Crippen LogP contribution in [-0.4, -0.2) is 47.6 Å². The van der Waals surface area contributed by atoms with Crippen LogP contribution in [0.3, 0.4) is 0 Å². The average molecular weight is 382 g/mol. The zero-order chi connectivity index (χ0) is 19.1. The summed E-state index contributed by atoms with van der Waals surface area (Å²) in [6.07, 6.45) is 4.14. The first kappa shape index (κ1) is 19.3. The van der Waals surface area contributed by atoms with Crippen LogP contribution in [0.25, 0.3) is 10.9 Å². The van der Waals surface area contributed by atoms with Crippen LogP contribution in [0.1, 0.15) is 12.0 Å². The molecule has 0 unspecified atom stereocenters. The van der Waals surface area contributed by atoms with E-state index < -0.39 is 0 Å². The molecular formula is C21H23N3O2S. The van der Waals surface area contributed by atoms with Gasteiger partial charge in [-0.15, -0.1) is 0 Å². The quantitative estimate of drug-likeness (QED) is 0.391. The van der Waals surface area contributed by atoms with Gasteiger partial charge in [0.25, 0.3) is 0 Å². The molecule has 0 amide bonds. The highest BCUT2D eigenvalue weighted by atomic mass is 32.2. The predicted molar refractivity (Wildman–Crippen MR) is 110 cm³/mol. The normalized spacial score (nSPS) is 14.5. The van der Waals surface area contributed by atoms with Gasteiger partial charge in [-0.05, 0) is 24.6 Å². The van der Waals surface area contributed by atoms with Crippen LogP contribution < -0.4 is 9.47 Å². The molecule has 2 heterocycles. The number of benzene rings is 1. The van der Waals surface area contributed by atoms with Gasteiger partial charge in [0.1, 0.15) is 23.3 Å². The number of aromatic nitrogens is 1. The summed E-state index contributed by atoms with van der Waals surface area (Å²) in [5.74, 6) is 4.01. The van der Waals surface area contributed by atoms with E-state index in [0.717, 1.165) is 31.4 Å². The number of ether oxygens (including phenoxy) is 2. The molecule has 5 nitrogen and oxygen atoms in total. The zero-order valence-corrected chi connectivity index (χ0v) is 16.1. The first-order valence-electron chi connectivity index (χ1n) is 8.96. The Morgan fingerprint density at radius 1 is 1.33 bits per heavy atom. The molecule has 1 aromatic heterocycles. The topological polar surface area (TPSA) is 58.4 Å². The van der Waals surface area contributed by atoms with Crippen LogP contribution in [0, 0.1) is 11.3 Å². The van der Waals surface area contributed by atoms with Gasteiger partial charge in [-0.2, -0.15) is 17.0 Å². The minimum atomic E-state index is 0.442. The number of thioether (sulfide) groups is 1. The van der Waals surface area contributed by atoms with E-state index in [0.29, 0.717) is 34.9 Å². The zero-order valence-electron chi connectivity index (χ0n) is 15.3. The lowest BCUT2D eigenvalue weighted by Gasteiger charge is -2.25. The van der Waals surface area contributed by atoms with Gasteiger partial charge in [0, 0.05) is 48.8 Å². The molecule has 1 aliphatic heterocycles. The van der Waals surface area contributed by atoms with Gasteiger partial charge in [-0.1, -0.05) is 13.2 Å². The minimum Gasteiger partial charge on any atom is -0.492 e. The molecule has 27 heavy (non-hydrogen) atoms. The van der Waals surface area contributed by atoms with Crippen LogP contribution in [0.5, 0.6) is 11.5 Å². The van der Waals surface area contributed by atoms with Crippen molar-refractivity contribution in [2.45, 2.75) is 6.42 Å². The van der Waals surface area contributed by atoms with Gasteiger partial charge < -0.3 is 14.4 Å². The average Bonchev–Trinajstić information content (AvgIpc) is 2.71. The summed E-state index contributed by atoms with van der Waals surface area (Å²) in [6, 6.07) is 7.51. The van der Waals surface area contributed by atoms with Gasteiger partial charge in [0.05, 0.1) is 17.7 Å². The third kappa shape index (κ3) is 5.03. The standard InChI is InChI=1S/C21H23N3O2S/c1-3-16(2)26-20-5-6-23-19-14-21(17(15-22)13-18(19)20)25-10-4-7-24-8-11-27-12-9-24/h3,5-6,13-14H,1-2,4,7-12H2. The van der Waals surface area contributed by atoms with E-state index in [2.05, 4.69) is 29.1 Å². The highest BCUT2D eigenvalue weighted by Gasteiger charge is 2.12. The summed E-state index contributed by atoms with van der Waals surface area (Å²) in [5.41, 5.74) is 1.19. The van der Waals surface area contributed by atoms with Gasteiger partial charge in [0.15, 0.2) is 0 Å². The summed E-state index contributed by atoms with van der Waals surface area (Å²) in [4.78, 5) is 6.84. The molecule has 0 bridgehead atoms. The third-order valence-electron chi connectivity index (χ3n) is 4.37. The summed E-state index contributed by atoms with van der Waals surface area (Å²) >= 11 is 2.01. The van der Waals surface area contributed by atoms with Gasteiger partial charge in [-0.3, -0.25) is 4.98 Å². The molecular weight excluding hydrogens is 358 g/mol. The number of nitrogens with zero attached hydrogens (tertiary/aromatic N) is 3. The molecule has 6 heteroatoms. The second-order valence-corrected chi connectivity index (χ2v) is 7.44. The molecule has 140 valence electrons. The fourth-order valence-electron chi connectivity index (χ4n) is 2.92. The number of rotatable bonds is 8. The lowest BCUT2D eigenvalue weighted by Crippen LogP contribution is -2.33. The molecule has 0 N–H and O–H groups in total. The Morgan fingerprint density at radius 2 is 2.15 bits per heavy atom. The first-order chi connectivity index (χ1) is 13.2. The minimum absolute atomic E-state index is 0.442. The molecule has 3 rings (SSSR count). The van der Waals surface area contributed by atoms with Crippen molar-refractivity contribution < 1.29 is 9.47 Å². The van der Waals surface area contributed by atoms with Crippen LogP contribution in [0.15, 0.2) is 49.4 Å². The maximum Gasteiger partial charge on any atom is 0.139 e. The van der Waals surface area contributed by atoms with E-state index in [1.165, 1.54) is 17.6 Å². The van der Waals surface area contributed by atoms with E-state index in [9.17, 15) is 5.26 Å². The van der Waals surface area contributed by atoms with E-state index in [1.54, 1.807) is 24.4 Å². The number of hydrogen-bond donors (Lipinski definition) is 0. The summed E-state index contributed by atoms with van der Waals surface area (Å²) in [5, 5.41) is 10.3. The molecule has 0 atom stereocenters. The van der Waals surface area contributed by atoms with E-state index in [-0.39, 0.29) is 0 Å². The molecule has 2 aromatic rings. The fraction of sp³-hybridized carbons (Fsp3) is 0.333. The number of pyridine rings is 1. The Morgan fingerprint density at radius 3 is 2.89 bits per heavy atom. The molecule has 0 radical (unpaired) electrons. The molecule has 0 saturated carbocycles. The lowest BCUT2D eigenvalue weighted by atomic mass is 10.1. The van der Waals surface area contributed by atoms with Crippen molar-refractivity contribution in [1.29, 1.82) is 5.26 Å². The Hall–Kier alpha value is -2.49. The molecule has 1 saturated heterocycles. The number of allylic oxidation sites excluding steroid dienone is 1. The maximum atomic E-state index is 9.52. The molecule has 1 aromatic carbocycles. The number of nitriles is 1. The van der Waals surface area contributed by atoms with Crippen molar-refractivity contribution >= 4 is 22.7 Å². The third-order valence-corrected chi connectivity index (χ3v) is 5.31. The van der Waals surface area contributed by atoms with Crippen molar-refractivity contribution in [2.24, 2.45) is 0 Å². The van der Waals surface area contributed by atoms with Crippen molar-refractivity contribution in [2.75, 3.05) is 37.7 Å². The smallest absolute Gasteiger partial charge is 0.139 e. The fourth-order valence-corrected chi connectivity index (χ4v) is 3.90. The molecule has 0 spiro atoms. The molecule has 1 aliphatic rings. The summed E-state index contributed by atoms with van der Waals surface area (Å²) in [7, 11) is 0. The van der Waals surface area contributed by atoms with Crippen molar-refractivity contribution in [1.82, 2.24) is 9.88 Å². The van der Waals surface area contributed by atoms with E-state index >= 15 is 0 Å². The van der Waals surface area contributed by atoms with Crippen molar-refractivity contribution in [3.8, 4) is 17.6 Å². The van der Waals surface area contributed by atoms with Gasteiger partial charge >= 0.3 is 0 Å². The first-order valence-corrected chi connectivity index (χ1v) is 10.1. The molecule has 0 aliphatic carbocycles. The number of hydrogen-bond acceptors (Lipinski definition) is 6. The Kier molecular flexibility index (Phi) is 6.74. The lowest BCUT2D eigenvalue weighted by molar-refractivity contribution is 0.248. The summed E-state index contributed by atoms with van der Waals surface area (Å²) < 4.78 is 11.6. The largest absolute Gasteiger partial charge is 0.492 e. The Balaban J connectivity index is 1.70. The van der Waals surface area contributed by atoms with Gasteiger partial charge in [-0.25, -0.2) is 0 Å². The van der Waals surface area contributed by atoms with Gasteiger partial charge in [0.2, 0.25) is 0 Å². The monoisotopic (exact) mass is 381 g/mol. The van der Waals surface area contributed by atoms with Crippen molar-refractivity contribution in [3.05, 3.63) is 55.0 Å². The second kappa shape index (κ2) is 9.45. The highest BCUT2D eigenvalue weighted by molar-refractivity contribution is 7.99. The van der Waals surface area contributed by atoms with Crippen LogP contribution in [0.2, 0.25) is 0 Å². The highest BCUT2D eigenvalue weighted by Crippen LogP contribution is 2.31. The predicted octanol–water partition coefficient (Wildman–Crippen LogP) is 4.00. The van der Waals surface area contributed by atoms with Crippen LogP contribution in [0.4, 0.5) is 0 Å². The van der Waals surface area contributed by atoms with Crippen LogP contribution in [-0.2, 0) is 0 Å². The SMILES string of the molecule is C=CC(=C)Oc1ccnc2cc(OCCCN3CCSCC3)c(C#N)cc12. The summed E-state index contributed by atoms with van der Waals surface area (Å²) in [6.45, 7) is 11.3. The van der Waals surface area contributed by atoms with Crippen molar-refractivity contribution in [3.63, 3.8) is 0 Å². The second-order valence-electron chi connectivity index (χ2n) is 6.21. The van der Waals surface area contributed by atoms with E-state index in [1.807, 2.05) is 11.8 Å². The van der Waals surface area contributed by atoms with Crippen LogP contribution >= 0.6 is 11.8 Å².